The van der Waals surface area contributed by atoms with Crippen molar-refractivity contribution in [3.8, 4) is 0 Å². The van der Waals surface area contributed by atoms with Gasteiger partial charge in [0.05, 0.1) is 6.54 Å². The Balaban J connectivity index is 2.58. The molecule has 1 heterocycles. The highest BCUT2D eigenvalue weighted by molar-refractivity contribution is 5.79. The summed E-state index contributed by atoms with van der Waals surface area (Å²) in [6.45, 7) is 5.16. The minimum absolute atomic E-state index is 0.0432. The van der Waals surface area contributed by atoms with Crippen LogP contribution < -0.4 is 5.32 Å². The fourth-order valence-electron chi connectivity index (χ4n) is 1.23. The number of hydrogen-bond acceptors (Lipinski definition) is 4. The van der Waals surface area contributed by atoms with E-state index >= 15 is 0 Å². The Hall–Kier alpha value is -2.05. The number of aromatic nitrogens is 2. The number of ether oxygens (including phenoxy) is 1. The molecule has 0 bridgehead atoms. The van der Waals surface area contributed by atoms with E-state index in [4.69, 9.17) is 9.84 Å². The number of carbonyl (C=O) groups excluding carboxylic acids is 1. The molecule has 1 aromatic rings. The molecule has 0 fully saturated rings. The van der Waals surface area contributed by atoms with Crippen LogP contribution in [0.25, 0.3) is 0 Å². The number of carboxylic acid groups (broad SMARTS) is 1. The SMILES string of the molecule is CC(C)(C)OC(=O)NC(Cn1cccn1)C(=O)O. The Bertz CT molecular complexity index is 408. The van der Waals surface area contributed by atoms with Crippen LogP contribution in [0.2, 0.25) is 0 Å². The topological polar surface area (TPSA) is 93.5 Å². The molecule has 0 saturated carbocycles. The molecule has 0 saturated heterocycles. The van der Waals surface area contributed by atoms with E-state index in [0.29, 0.717) is 0 Å². The van der Waals surface area contributed by atoms with Gasteiger partial charge in [-0.3, -0.25) is 4.68 Å². The van der Waals surface area contributed by atoms with Gasteiger partial charge in [-0.25, -0.2) is 9.59 Å². The number of nitrogens with one attached hydrogen (secondary N) is 1. The molecule has 1 amide bonds. The number of carboxylic acids is 1. The molecule has 0 aliphatic heterocycles. The highest BCUT2D eigenvalue weighted by Gasteiger charge is 2.24. The summed E-state index contributed by atoms with van der Waals surface area (Å²) >= 11 is 0. The van der Waals surface area contributed by atoms with Gasteiger partial charge in [0.25, 0.3) is 0 Å². The third-order valence-electron chi connectivity index (χ3n) is 1.92. The molecule has 7 heteroatoms. The number of amides is 1. The first-order chi connectivity index (χ1) is 8.28. The van der Waals surface area contributed by atoms with E-state index in [0.717, 1.165) is 0 Å². The normalized spacial score (nSPS) is 12.8. The lowest BCUT2D eigenvalue weighted by molar-refractivity contribution is -0.139. The van der Waals surface area contributed by atoms with Crippen LogP contribution in [0.4, 0.5) is 4.79 Å². The molecular formula is C11H17N3O4. The van der Waals surface area contributed by atoms with Crippen LogP contribution in [-0.2, 0) is 16.1 Å². The van der Waals surface area contributed by atoms with Crippen molar-refractivity contribution in [3.05, 3.63) is 18.5 Å². The summed E-state index contributed by atoms with van der Waals surface area (Å²) in [6.07, 6.45) is 2.39. The molecule has 18 heavy (non-hydrogen) atoms. The van der Waals surface area contributed by atoms with Gasteiger partial charge in [-0.05, 0) is 26.8 Å². The minimum Gasteiger partial charge on any atom is -0.480 e. The lowest BCUT2D eigenvalue weighted by Gasteiger charge is -2.21. The lowest BCUT2D eigenvalue weighted by atomic mass is 10.2. The van der Waals surface area contributed by atoms with E-state index < -0.39 is 23.7 Å². The first-order valence-corrected chi connectivity index (χ1v) is 5.47. The number of carbonyl (C=O) groups is 2. The second kappa shape index (κ2) is 5.52. The summed E-state index contributed by atoms with van der Waals surface area (Å²) < 4.78 is 6.42. The second-order valence-electron chi connectivity index (χ2n) is 4.77. The molecular weight excluding hydrogens is 238 g/mol. The number of hydrogen-bond donors (Lipinski definition) is 2. The average molecular weight is 255 g/mol. The Morgan fingerprint density at radius 3 is 2.61 bits per heavy atom. The van der Waals surface area contributed by atoms with Crippen LogP contribution in [-0.4, -0.2) is 38.6 Å². The molecule has 100 valence electrons. The third kappa shape index (κ3) is 4.86. The summed E-state index contributed by atoms with van der Waals surface area (Å²) in [6, 6.07) is 0.589. The lowest BCUT2D eigenvalue weighted by Crippen LogP contribution is -2.45. The van der Waals surface area contributed by atoms with Crippen LogP contribution in [0.15, 0.2) is 18.5 Å². The molecule has 1 rings (SSSR count). The number of aliphatic carboxylic acids is 1. The molecule has 2 N–H and O–H groups in total. The summed E-state index contributed by atoms with van der Waals surface area (Å²) in [7, 11) is 0. The first kappa shape index (κ1) is 14.0. The fourth-order valence-corrected chi connectivity index (χ4v) is 1.23. The van der Waals surface area contributed by atoms with Crippen LogP contribution in [0.5, 0.6) is 0 Å². The molecule has 7 nitrogen and oxygen atoms in total. The van der Waals surface area contributed by atoms with E-state index in [1.165, 1.54) is 10.9 Å². The molecule has 1 unspecified atom stereocenters. The van der Waals surface area contributed by atoms with E-state index in [1.807, 2.05) is 0 Å². The van der Waals surface area contributed by atoms with Crippen molar-refractivity contribution in [1.82, 2.24) is 15.1 Å². The van der Waals surface area contributed by atoms with Gasteiger partial charge < -0.3 is 15.2 Å². The van der Waals surface area contributed by atoms with Crippen LogP contribution >= 0.6 is 0 Å². The van der Waals surface area contributed by atoms with E-state index in [1.54, 1.807) is 33.0 Å². The predicted octanol–water partition coefficient (Wildman–Crippen LogP) is 0.861. The zero-order chi connectivity index (χ0) is 13.8. The average Bonchev–Trinajstić information content (AvgIpc) is 2.66. The van der Waals surface area contributed by atoms with Gasteiger partial charge in [0.1, 0.15) is 11.6 Å². The van der Waals surface area contributed by atoms with Crippen molar-refractivity contribution in [2.75, 3.05) is 0 Å². The fraction of sp³-hybridized carbons (Fsp3) is 0.545. The van der Waals surface area contributed by atoms with Crippen molar-refractivity contribution in [2.24, 2.45) is 0 Å². The predicted molar refractivity (Wildman–Crippen MR) is 63.0 cm³/mol. The smallest absolute Gasteiger partial charge is 0.408 e. The molecule has 1 atom stereocenters. The maximum absolute atomic E-state index is 11.5. The second-order valence-corrected chi connectivity index (χ2v) is 4.77. The Morgan fingerprint density at radius 2 is 2.17 bits per heavy atom. The third-order valence-corrected chi connectivity index (χ3v) is 1.92. The number of rotatable bonds is 4. The van der Waals surface area contributed by atoms with Crippen molar-refractivity contribution < 1.29 is 19.4 Å². The molecule has 0 aromatic carbocycles. The van der Waals surface area contributed by atoms with Crippen LogP contribution in [0.1, 0.15) is 20.8 Å². The molecule has 0 aliphatic rings. The highest BCUT2D eigenvalue weighted by atomic mass is 16.6. The monoisotopic (exact) mass is 255 g/mol. The maximum Gasteiger partial charge on any atom is 0.408 e. The standard InChI is InChI=1S/C11H17N3O4/c1-11(2,3)18-10(17)13-8(9(15)16)7-14-6-4-5-12-14/h4-6,8H,7H2,1-3H3,(H,13,17)(H,15,16). The number of alkyl carbamates (subject to hydrolysis) is 1. The van der Waals surface area contributed by atoms with Gasteiger partial charge in [0.2, 0.25) is 0 Å². The molecule has 0 radical (unpaired) electrons. The van der Waals surface area contributed by atoms with Crippen LogP contribution in [0, 0.1) is 0 Å². The van der Waals surface area contributed by atoms with E-state index in [-0.39, 0.29) is 6.54 Å². The molecule has 1 aromatic heterocycles. The maximum atomic E-state index is 11.5. The summed E-state index contributed by atoms with van der Waals surface area (Å²) in [5, 5.41) is 15.2. The van der Waals surface area contributed by atoms with Crippen molar-refractivity contribution in [2.45, 2.75) is 39.0 Å². The van der Waals surface area contributed by atoms with Gasteiger partial charge in [-0.1, -0.05) is 0 Å². The molecule has 0 aliphatic carbocycles. The van der Waals surface area contributed by atoms with Gasteiger partial charge in [-0.2, -0.15) is 5.10 Å². The zero-order valence-electron chi connectivity index (χ0n) is 10.6. The van der Waals surface area contributed by atoms with Crippen molar-refractivity contribution in [1.29, 1.82) is 0 Å². The zero-order valence-corrected chi connectivity index (χ0v) is 10.6. The van der Waals surface area contributed by atoms with Crippen molar-refractivity contribution >= 4 is 12.1 Å². The summed E-state index contributed by atoms with van der Waals surface area (Å²) in [5.41, 5.74) is -0.668. The summed E-state index contributed by atoms with van der Waals surface area (Å²) in [4.78, 5) is 22.5. The Kier molecular flexibility index (Phi) is 4.30. The molecule has 0 spiro atoms. The largest absolute Gasteiger partial charge is 0.480 e. The van der Waals surface area contributed by atoms with Crippen LogP contribution in [0.3, 0.4) is 0 Å². The quantitative estimate of drug-likeness (QED) is 0.832. The minimum atomic E-state index is -1.14. The Morgan fingerprint density at radius 1 is 1.50 bits per heavy atom. The van der Waals surface area contributed by atoms with Gasteiger partial charge >= 0.3 is 12.1 Å². The first-order valence-electron chi connectivity index (χ1n) is 5.47. The van der Waals surface area contributed by atoms with Crippen molar-refractivity contribution in [3.63, 3.8) is 0 Å². The summed E-state index contributed by atoms with van der Waals surface area (Å²) in [5.74, 6) is -1.14. The van der Waals surface area contributed by atoms with Gasteiger partial charge in [0.15, 0.2) is 0 Å². The number of nitrogens with zero attached hydrogens (tertiary/aromatic N) is 2. The Labute approximate surface area is 105 Å². The van der Waals surface area contributed by atoms with Gasteiger partial charge in [0, 0.05) is 12.4 Å². The van der Waals surface area contributed by atoms with Gasteiger partial charge in [-0.15, -0.1) is 0 Å². The van der Waals surface area contributed by atoms with E-state index in [9.17, 15) is 9.59 Å². The highest BCUT2D eigenvalue weighted by Crippen LogP contribution is 2.07. The van der Waals surface area contributed by atoms with E-state index in [2.05, 4.69) is 10.4 Å².